The van der Waals surface area contributed by atoms with Crippen molar-refractivity contribution < 1.29 is 4.79 Å². The molecule has 0 aliphatic carbocycles. The van der Waals surface area contributed by atoms with Gasteiger partial charge in [-0.3, -0.25) is 4.79 Å². The molecular weight excluding hydrogens is 152 g/mol. The monoisotopic (exact) mass is 164 g/mol. The highest BCUT2D eigenvalue weighted by atomic mass is 16.1. The van der Waals surface area contributed by atoms with E-state index in [4.69, 9.17) is 0 Å². The predicted molar refractivity (Wildman–Crippen MR) is 45.8 cm³/mol. The minimum Gasteiger partial charge on any atom is -0.290 e. The molecule has 0 aliphatic heterocycles. The van der Waals surface area contributed by atoms with Gasteiger partial charge in [-0.15, -0.1) is 0 Å². The molecule has 0 aliphatic rings. The molecule has 1 heterocycles. The fraction of sp³-hybridized carbons (Fsp3) is 0.444. The van der Waals surface area contributed by atoms with Crippen LogP contribution < -0.4 is 0 Å². The summed E-state index contributed by atoms with van der Waals surface area (Å²) in [6.07, 6.45) is 4.00. The molecule has 0 fully saturated rings. The van der Waals surface area contributed by atoms with Crippen molar-refractivity contribution in [3.8, 4) is 0 Å². The first-order valence-corrected chi connectivity index (χ1v) is 4.07. The van der Waals surface area contributed by atoms with E-state index in [1.54, 1.807) is 18.5 Å². The van der Waals surface area contributed by atoms with E-state index >= 15 is 0 Å². The van der Waals surface area contributed by atoms with E-state index in [9.17, 15) is 4.79 Å². The molecule has 0 radical (unpaired) electrons. The van der Waals surface area contributed by atoms with Gasteiger partial charge < -0.3 is 0 Å². The van der Waals surface area contributed by atoms with Crippen LogP contribution in [-0.2, 0) is 0 Å². The summed E-state index contributed by atoms with van der Waals surface area (Å²) >= 11 is 0. The summed E-state index contributed by atoms with van der Waals surface area (Å²) in [5, 5.41) is 0. The first-order valence-electron chi connectivity index (χ1n) is 4.07. The zero-order chi connectivity index (χ0) is 8.97. The van der Waals surface area contributed by atoms with Crippen LogP contribution in [0.3, 0.4) is 0 Å². The number of ketones is 1. The van der Waals surface area contributed by atoms with Crippen LogP contribution in [0.15, 0.2) is 18.5 Å². The van der Waals surface area contributed by atoms with Crippen molar-refractivity contribution in [1.29, 1.82) is 0 Å². The summed E-state index contributed by atoms with van der Waals surface area (Å²) < 4.78 is 0. The van der Waals surface area contributed by atoms with Crippen LogP contribution in [0.4, 0.5) is 0 Å². The zero-order valence-corrected chi connectivity index (χ0v) is 7.32. The lowest BCUT2D eigenvalue weighted by molar-refractivity contribution is 0.0916. The summed E-state index contributed by atoms with van der Waals surface area (Å²) in [6, 6.07) is 1.70. The SMILES string of the molecule is CCC(C)C(=O)c1ncccn1. The average Bonchev–Trinajstić information content (AvgIpc) is 2.17. The molecule has 0 spiro atoms. The van der Waals surface area contributed by atoms with E-state index in [2.05, 4.69) is 9.97 Å². The van der Waals surface area contributed by atoms with Crippen molar-refractivity contribution in [2.45, 2.75) is 20.3 Å². The quantitative estimate of drug-likeness (QED) is 0.638. The van der Waals surface area contributed by atoms with Gasteiger partial charge in [0.05, 0.1) is 0 Å². The maximum atomic E-state index is 11.5. The summed E-state index contributed by atoms with van der Waals surface area (Å²) in [4.78, 5) is 19.2. The number of hydrogen-bond donors (Lipinski definition) is 0. The molecule has 0 saturated heterocycles. The minimum atomic E-state index is 0.0207. The summed E-state index contributed by atoms with van der Waals surface area (Å²) in [6.45, 7) is 3.87. The summed E-state index contributed by atoms with van der Waals surface area (Å²) in [5.41, 5.74) is 0. The molecule has 1 rings (SSSR count). The van der Waals surface area contributed by atoms with Crippen molar-refractivity contribution in [1.82, 2.24) is 9.97 Å². The molecule has 1 aromatic heterocycles. The smallest absolute Gasteiger partial charge is 0.202 e. The van der Waals surface area contributed by atoms with Crippen molar-refractivity contribution in [2.75, 3.05) is 0 Å². The van der Waals surface area contributed by atoms with Gasteiger partial charge in [0.25, 0.3) is 0 Å². The van der Waals surface area contributed by atoms with Gasteiger partial charge in [0, 0.05) is 18.3 Å². The third-order valence-corrected chi connectivity index (χ3v) is 1.85. The standard InChI is InChI=1S/C9H12N2O/c1-3-7(2)8(12)9-10-5-4-6-11-9/h4-7H,3H2,1-2H3. The summed E-state index contributed by atoms with van der Waals surface area (Å²) in [5.74, 6) is 0.373. The Morgan fingerprint density at radius 2 is 2.08 bits per heavy atom. The molecule has 1 unspecified atom stereocenters. The molecule has 0 amide bonds. The van der Waals surface area contributed by atoms with Gasteiger partial charge in [-0.05, 0) is 12.5 Å². The first-order chi connectivity index (χ1) is 5.75. The minimum absolute atomic E-state index is 0.0207. The molecule has 1 aromatic rings. The maximum Gasteiger partial charge on any atom is 0.202 e. The van der Waals surface area contributed by atoms with Crippen molar-refractivity contribution in [3.05, 3.63) is 24.3 Å². The lowest BCUT2D eigenvalue weighted by Gasteiger charge is -2.03. The van der Waals surface area contributed by atoms with Crippen molar-refractivity contribution in [3.63, 3.8) is 0 Å². The Labute approximate surface area is 71.9 Å². The number of nitrogens with zero attached hydrogens (tertiary/aromatic N) is 2. The third kappa shape index (κ3) is 1.87. The molecule has 0 N–H and O–H groups in total. The summed E-state index contributed by atoms with van der Waals surface area (Å²) in [7, 11) is 0. The van der Waals surface area contributed by atoms with Crippen molar-refractivity contribution >= 4 is 5.78 Å². The second-order valence-electron chi connectivity index (χ2n) is 2.75. The Morgan fingerprint density at radius 1 is 1.50 bits per heavy atom. The maximum absolute atomic E-state index is 11.5. The molecule has 1 atom stereocenters. The average molecular weight is 164 g/mol. The van der Waals surface area contributed by atoms with E-state index in [1.165, 1.54) is 0 Å². The number of Topliss-reactive ketones (excluding diaryl/α,β-unsaturated/α-hetero) is 1. The van der Waals surface area contributed by atoms with Gasteiger partial charge >= 0.3 is 0 Å². The normalized spacial score (nSPS) is 12.5. The molecule has 0 aromatic carbocycles. The number of carbonyl (C=O) groups excluding carboxylic acids is 1. The van der Waals surface area contributed by atoms with Gasteiger partial charge in [0.1, 0.15) is 0 Å². The molecule has 3 heteroatoms. The highest BCUT2D eigenvalue weighted by molar-refractivity contribution is 5.93. The van der Waals surface area contributed by atoms with Crippen LogP contribution in [-0.4, -0.2) is 15.8 Å². The number of carbonyl (C=O) groups is 1. The topological polar surface area (TPSA) is 42.9 Å². The number of aromatic nitrogens is 2. The van der Waals surface area contributed by atoms with Gasteiger partial charge in [-0.25, -0.2) is 9.97 Å². The van der Waals surface area contributed by atoms with E-state index in [0.717, 1.165) is 6.42 Å². The van der Waals surface area contributed by atoms with Crippen LogP contribution in [0.5, 0.6) is 0 Å². The Balaban J connectivity index is 2.79. The largest absolute Gasteiger partial charge is 0.290 e. The molecule has 3 nitrogen and oxygen atoms in total. The third-order valence-electron chi connectivity index (χ3n) is 1.85. The highest BCUT2D eigenvalue weighted by Crippen LogP contribution is 2.06. The van der Waals surface area contributed by atoms with Gasteiger partial charge in [0.2, 0.25) is 5.78 Å². The van der Waals surface area contributed by atoms with Crippen LogP contribution in [0, 0.1) is 5.92 Å². The lowest BCUT2D eigenvalue weighted by atomic mass is 10.0. The fourth-order valence-corrected chi connectivity index (χ4v) is 0.832. The van der Waals surface area contributed by atoms with Crippen LogP contribution >= 0.6 is 0 Å². The Kier molecular flexibility index (Phi) is 2.91. The predicted octanol–water partition coefficient (Wildman–Crippen LogP) is 1.71. The highest BCUT2D eigenvalue weighted by Gasteiger charge is 2.14. The van der Waals surface area contributed by atoms with Gasteiger partial charge in [-0.1, -0.05) is 13.8 Å². The van der Waals surface area contributed by atoms with E-state index in [1.807, 2.05) is 13.8 Å². The van der Waals surface area contributed by atoms with E-state index in [0.29, 0.717) is 5.82 Å². The lowest BCUT2D eigenvalue weighted by Crippen LogP contribution is -2.13. The first kappa shape index (κ1) is 8.84. The van der Waals surface area contributed by atoms with E-state index < -0.39 is 0 Å². The van der Waals surface area contributed by atoms with Crippen molar-refractivity contribution in [2.24, 2.45) is 5.92 Å². The Hall–Kier alpha value is -1.25. The number of rotatable bonds is 3. The second-order valence-corrected chi connectivity index (χ2v) is 2.75. The number of hydrogen-bond acceptors (Lipinski definition) is 3. The zero-order valence-electron chi connectivity index (χ0n) is 7.32. The van der Waals surface area contributed by atoms with Crippen LogP contribution in [0.25, 0.3) is 0 Å². The molecule has 12 heavy (non-hydrogen) atoms. The van der Waals surface area contributed by atoms with Gasteiger partial charge in [-0.2, -0.15) is 0 Å². The second kappa shape index (κ2) is 3.95. The fourth-order valence-electron chi connectivity index (χ4n) is 0.832. The van der Waals surface area contributed by atoms with E-state index in [-0.39, 0.29) is 11.7 Å². The molecular formula is C9H12N2O. The van der Waals surface area contributed by atoms with Crippen LogP contribution in [0.2, 0.25) is 0 Å². The molecule has 0 saturated carbocycles. The van der Waals surface area contributed by atoms with Crippen LogP contribution in [0.1, 0.15) is 30.9 Å². The van der Waals surface area contributed by atoms with Gasteiger partial charge in [0.15, 0.2) is 5.82 Å². The molecule has 64 valence electrons. The Morgan fingerprint density at radius 3 is 2.58 bits per heavy atom. The molecule has 0 bridgehead atoms. The Bertz CT molecular complexity index is 258.